The van der Waals surface area contributed by atoms with Crippen LogP contribution in [0.1, 0.15) is 72.3 Å². The fourth-order valence-corrected chi connectivity index (χ4v) is 18.3. The van der Waals surface area contributed by atoms with Crippen LogP contribution in [0, 0.1) is 114 Å². The third-order valence-corrected chi connectivity index (χ3v) is 24.3. The first-order chi connectivity index (χ1) is 59.9. The molecule has 0 fully saturated rings. The second-order valence-electron chi connectivity index (χ2n) is 32.9. The van der Waals surface area contributed by atoms with Crippen LogP contribution in [-0.2, 0) is 28.2 Å². The summed E-state index contributed by atoms with van der Waals surface area (Å²) < 4.78 is 34.3. The molecule has 0 N–H and O–H groups in total. The molecule has 0 bridgehead atoms. The predicted molar refractivity (Wildman–Crippen MR) is 503 cm³/mol. The van der Waals surface area contributed by atoms with Crippen LogP contribution in [-0.4, -0.2) is 0 Å². The highest BCUT2D eigenvalue weighted by molar-refractivity contribution is 6.21. The monoisotopic (exact) mass is 1610 g/mol. The second kappa shape index (κ2) is 32.8. The Morgan fingerprint density at radius 2 is 0.685 bits per heavy atom. The molecular weight excluding hydrogens is 1520 g/mol. The Labute approximate surface area is 722 Å². The number of nitriles is 1. The van der Waals surface area contributed by atoms with Crippen molar-refractivity contribution in [3.05, 3.63) is 374 Å². The summed E-state index contributed by atoms with van der Waals surface area (Å²) in [6.45, 7) is 48.4. The van der Waals surface area contributed by atoms with Crippen LogP contribution in [0.25, 0.3) is 192 Å². The van der Waals surface area contributed by atoms with Crippen molar-refractivity contribution in [1.82, 2.24) is 0 Å². The molecule has 0 unspecified atom stereocenters. The number of aromatic nitrogens is 4. The zero-order valence-corrected chi connectivity index (χ0v) is 72.6. The van der Waals surface area contributed by atoms with Gasteiger partial charge in [0.2, 0.25) is 28.5 Å². The molecular formula is C112H92N8O4+4. The van der Waals surface area contributed by atoms with E-state index in [2.05, 4.69) is 305 Å². The molecule has 8 heterocycles. The number of nitrogens with zero attached hydrogens (tertiary/aromatic N) is 8. The Bertz CT molecular complexity index is 7940. The second-order valence-corrected chi connectivity index (χ2v) is 32.9. The molecule has 12 heteroatoms. The molecule has 0 aliphatic rings. The Hall–Kier alpha value is -15.6. The maximum Gasteiger partial charge on any atom is 0.229 e. The molecule has 20 aromatic rings. The molecule has 0 aliphatic carbocycles. The van der Waals surface area contributed by atoms with E-state index in [9.17, 15) is 5.26 Å². The van der Waals surface area contributed by atoms with E-state index in [0.29, 0.717) is 28.2 Å². The van der Waals surface area contributed by atoms with Crippen LogP contribution >= 0.6 is 0 Å². The molecule has 0 aliphatic heterocycles. The van der Waals surface area contributed by atoms with Crippen LogP contribution in [0.3, 0.4) is 0 Å². The van der Waals surface area contributed by atoms with Crippen molar-refractivity contribution in [2.45, 2.75) is 83.1 Å². The van der Waals surface area contributed by atoms with E-state index in [4.69, 9.17) is 37.4 Å². The molecule has 12 nitrogen and oxygen atoms in total. The Morgan fingerprint density at radius 1 is 0.274 bits per heavy atom. The van der Waals surface area contributed by atoms with Crippen LogP contribution in [0.15, 0.2) is 285 Å². The Kier molecular flexibility index (Phi) is 21.4. The molecule has 0 saturated carbocycles. The number of pyridine rings is 4. The molecule has 8 aromatic heterocycles. The van der Waals surface area contributed by atoms with Crippen molar-refractivity contribution in [2.24, 2.45) is 28.2 Å². The molecule has 124 heavy (non-hydrogen) atoms. The van der Waals surface area contributed by atoms with Gasteiger partial charge in [0.25, 0.3) is 0 Å². The quantitative estimate of drug-likeness (QED) is 0.111. The van der Waals surface area contributed by atoms with Crippen LogP contribution in [0.5, 0.6) is 0 Å². The van der Waals surface area contributed by atoms with E-state index in [0.717, 1.165) is 188 Å². The normalized spacial score (nSPS) is 11.2. The first-order valence-electron chi connectivity index (χ1n) is 41.5. The summed E-state index contributed by atoms with van der Waals surface area (Å²) in [6.07, 6.45) is 8.17. The summed E-state index contributed by atoms with van der Waals surface area (Å²) in [5.41, 5.74) is 40.4. The predicted octanol–water partition coefficient (Wildman–Crippen LogP) is 28.2. The van der Waals surface area contributed by atoms with Gasteiger partial charge >= 0.3 is 0 Å². The van der Waals surface area contributed by atoms with Crippen LogP contribution in [0.4, 0.5) is 17.1 Å². The average molecular weight is 1610 g/mol. The standard InChI is InChI=1S/4C28H23N2O/c1-17-9-11-20(19(3)16-17)21-13-14-23(29-4)28-26(21)22-12-10-18(2)25(27(22)31-28)24-8-6-7-15-30(24)5;1-17-9-11-20(19(3)16-17)26-22(29-4)13-14-24-27(26)21-12-10-18(2)25(28(21)31-24)23-8-6-7-15-30(23)5;1-17-9-11-21(19(3)14-17)23-15-20(29-4)16-25-27(23)22-12-10-18(2)26(28(22)31-25)24-8-6-7-13-30(24)5;1-17-8-10-22(18(2)13-17)20-9-11-25-23(15-20)27-21(16-29)14-19(3)26(28(27)31-25)24-7-5-6-12-30(24)4/h3*6-16H,1-3,5H3;5-15H,1-4H3/q4*+1. The van der Waals surface area contributed by atoms with Crippen molar-refractivity contribution in [3.63, 3.8) is 0 Å². The van der Waals surface area contributed by atoms with Crippen molar-refractivity contribution >= 4 is 105 Å². The van der Waals surface area contributed by atoms with Crippen molar-refractivity contribution in [3.8, 4) is 95.6 Å². The third kappa shape index (κ3) is 14.4. The highest BCUT2D eigenvalue weighted by Gasteiger charge is 2.30. The lowest BCUT2D eigenvalue weighted by Crippen LogP contribution is -2.30. The molecule has 0 saturated heterocycles. The summed E-state index contributed by atoms with van der Waals surface area (Å²) in [5.74, 6) is 0. The third-order valence-electron chi connectivity index (χ3n) is 24.3. The fraction of sp³-hybridized carbons (Fsp3) is 0.143. The summed E-state index contributed by atoms with van der Waals surface area (Å²) in [5, 5.41) is 18.0. The van der Waals surface area contributed by atoms with Gasteiger partial charge in [-0.05, 0) is 233 Å². The lowest BCUT2D eigenvalue weighted by molar-refractivity contribution is -0.660. The lowest BCUT2D eigenvalue weighted by atomic mass is 9.92. The molecule has 0 radical (unpaired) electrons. The molecule has 20 rings (SSSR count). The maximum absolute atomic E-state index is 9.92. The highest BCUT2D eigenvalue weighted by Crippen LogP contribution is 2.50. The smallest absolute Gasteiger partial charge is 0.229 e. The Morgan fingerprint density at radius 3 is 1.15 bits per heavy atom. The highest BCUT2D eigenvalue weighted by atomic mass is 16.3. The van der Waals surface area contributed by atoms with Gasteiger partial charge in [-0.1, -0.05) is 156 Å². The van der Waals surface area contributed by atoms with E-state index in [1.807, 2.05) is 112 Å². The van der Waals surface area contributed by atoms with E-state index in [1.165, 1.54) is 50.1 Å². The van der Waals surface area contributed by atoms with Gasteiger partial charge in [-0.15, -0.1) is 0 Å². The number of rotatable bonds is 8. The van der Waals surface area contributed by atoms with E-state index < -0.39 is 0 Å². The zero-order valence-electron chi connectivity index (χ0n) is 72.6. The molecule has 0 spiro atoms. The number of hydrogen-bond donors (Lipinski definition) is 0. The summed E-state index contributed by atoms with van der Waals surface area (Å²) in [7, 11) is 8.17. The van der Waals surface area contributed by atoms with Gasteiger partial charge in [0.15, 0.2) is 41.7 Å². The SMILES string of the molecule is Cc1ccc(-c2ccc3oc4c(-c5cccc[n+]5C)c(C)cc(C#N)c4c3c2)c(C)c1.[C-]#[N+]c1cc(-c2ccc(C)cc2C)c2c(c1)oc1c(-c3cccc[n+]3C)c(C)ccc12.[C-]#[N+]c1ccc(-c2ccc(C)cc2C)c2c1oc1c(-c3cccc[n+]3C)c(C)ccc12.[C-]#[N+]c1ccc2oc3c(-c4cccc[n+]4C)c(C)ccc3c2c1-c1ccc(C)cc1C. The van der Waals surface area contributed by atoms with Gasteiger partial charge < -0.3 is 17.7 Å². The zero-order chi connectivity index (χ0) is 86.8. The number of fused-ring (bicyclic) bond motifs is 12. The Balaban J connectivity index is 0.000000117. The number of furan rings is 4. The molecule has 0 amide bonds. The maximum atomic E-state index is 9.92. The number of benzene rings is 12. The molecule has 600 valence electrons. The minimum atomic E-state index is 0.542. The van der Waals surface area contributed by atoms with Gasteiger partial charge in [-0.2, -0.15) is 5.26 Å². The van der Waals surface area contributed by atoms with E-state index >= 15 is 0 Å². The van der Waals surface area contributed by atoms with Crippen LogP contribution in [0.2, 0.25) is 0 Å². The van der Waals surface area contributed by atoms with Crippen molar-refractivity contribution < 1.29 is 35.9 Å². The van der Waals surface area contributed by atoms with Gasteiger partial charge in [-0.3, -0.25) is 0 Å². The summed E-state index contributed by atoms with van der Waals surface area (Å²) in [6, 6.07) is 85.7. The van der Waals surface area contributed by atoms with Crippen molar-refractivity contribution in [1.29, 1.82) is 5.26 Å². The molecule has 12 aromatic carbocycles. The summed E-state index contributed by atoms with van der Waals surface area (Å²) >= 11 is 0. The molecule has 0 atom stereocenters. The summed E-state index contributed by atoms with van der Waals surface area (Å²) in [4.78, 5) is 11.3. The topological polar surface area (TPSA) is 105 Å². The number of aryl methyl sites for hydroxylation is 16. The average Bonchev–Trinajstić information content (AvgIpc) is 1.59. The van der Waals surface area contributed by atoms with Crippen molar-refractivity contribution in [2.75, 3.05) is 0 Å². The van der Waals surface area contributed by atoms with Gasteiger partial charge in [-0.25, -0.2) is 32.8 Å². The largest absolute Gasteiger partial charge is 0.466 e. The van der Waals surface area contributed by atoms with Gasteiger partial charge in [0, 0.05) is 91.6 Å². The lowest BCUT2D eigenvalue weighted by Gasteiger charge is -2.11. The van der Waals surface area contributed by atoms with Gasteiger partial charge in [0.05, 0.1) is 53.6 Å². The number of hydrogen-bond acceptors (Lipinski definition) is 5. The minimum absolute atomic E-state index is 0.542. The first-order valence-corrected chi connectivity index (χ1v) is 41.5. The van der Waals surface area contributed by atoms with E-state index in [1.54, 1.807) is 0 Å². The van der Waals surface area contributed by atoms with E-state index in [-0.39, 0.29) is 0 Å². The fourth-order valence-electron chi connectivity index (χ4n) is 18.3. The first kappa shape index (κ1) is 80.8. The van der Waals surface area contributed by atoms with Gasteiger partial charge in [0.1, 0.15) is 67.3 Å². The van der Waals surface area contributed by atoms with Crippen LogP contribution < -0.4 is 18.3 Å². The minimum Gasteiger partial charge on any atom is -0.466 e.